The zero-order valence-corrected chi connectivity index (χ0v) is 12.5. The Morgan fingerprint density at radius 3 is 2.62 bits per heavy atom. The van der Waals surface area contributed by atoms with Crippen LogP contribution in [0.25, 0.3) is 0 Å². The first-order chi connectivity index (χ1) is 9.88. The van der Waals surface area contributed by atoms with Gasteiger partial charge in [0.15, 0.2) is 0 Å². The van der Waals surface area contributed by atoms with Gasteiger partial charge >= 0.3 is 0 Å². The third kappa shape index (κ3) is 3.71. The molecule has 0 aliphatic heterocycles. The molecule has 0 saturated carbocycles. The fourth-order valence-electron chi connectivity index (χ4n) is 2.16. The quantitative estimate of drug-likeness (QED) is 0.897. The lowest BCUT2D eigenvalue weighted by molar-refractivity contribution is 0.247. The van der Waals surface area contributed by atoms with Gasteiger partial charge in [-0.2, -0.15) is 0 Å². The Labute approximate surface area is 127 Å². The van der Waals surface area contributed by atoms with Gasteiger partial charge in [0, 0.05) is 23.2 Å². The second-order valence-electron chi connectivity index (χ2n) is 5.03. The fourth-order valence-corrected chi connectivity index (χ4v) is 2.34. The highest BCUT2D eigenvalue weighted by Gasteiger charge is 2.17. The van der Waals surface area contributed by atoms with Gasteiger partial charge in [-0.25, -0.2) is 8.78 Å². The number of phenols is 1. The van der Waals surface area contributed by atoms with Gasteiger partial charge in [-0.3, -0.25) is 4.90 Å². The summed E-state index contributed by atoms with van der Waals surface area (Å²) in [5.74, 6) is -0.799. The SMILES string of the molecule is CC(c1cc(F)ccc1F)N(C)Cc1cc(O)ccc1Cl. The maximum absolute atomic E-state index is 13.8. The molecule has 0 bridgehead atoms. The van der Waals surface area contributed by atoms with Gasteiger partial charge in [0.1, 0.15) is 17.4 Å². The van der Waals surface area contributed by atoms with Crippen LogP contribution in [0.5, 0.6) is 5.75 Å². The Morgan fingerprint density at radius 2 is 1.90 bits per heavy atom. The summed E-state index contributed by atoms with van der Waals surface area (Å²) in [5, 5.41) is 10.0. The van der Waals surface area contributed by atoms with Gasteiger partial charge in [0.25, 0.3) is 0 Å². The highest BCUT2D eigenvalue weighted by molar-refractivity contribution is 6.31. The number of rotatable bonds is 4. The van der Waals surface area contributed by atoms with E-state index in [0.29, 0.717) is 11.6 Å². The Balaban J connectivity index is 2.21. The van der Waals surface area contributed by atoms with Gasteiger partial charge in [-0.05, 0) is 55.9 Å². The zero-order valence-electron chi connectivity index (χ0n) is 11.8. The number of halogens is 3. The van der Waals surface area contributed by atoms with Crippen molar-refractivity contribution >= 4 is 11.6 Å². The molecule has 1 N–H and O–H groups in total. The van der Waals surface area contributed by atoms with E-state index in [0.717, 1.165) is 17.7 Å². The number of benzene rings is 2. The van der Waals surface area contributed by atoms with Crippen molar-refractivity contribution in [2.24, 2.45) is 0 Å². The minimum absolute atomic E-state index is 0.118. The van der Waals surface area contributed by atoms with Crippen molar-refractivity contribution in [3.8, 4) is 5.75 Å². The van der Waals surface area contributed by atoms with E-state index < -0.39 is 11.6 Å². The molecule has 0 amide bonds. The summed E-state index contributed by atoms with van der Waals surface area (Å²) in [6.45, 7) is 2.19. The van der Waals surface area contributed by atoms with Crippen LogP contribution in [0, 0.1) is 11.6 Å². The van der Waals surface area contributed by atoms with Crippen molar-refractivity contribution in [3.63, 3.8) is 0 Å². The Hall–Kier alpha value is -1.65. The summed E-state index contributed by atoms with van der Waals surface area (Å²) >= 11 is 6.08. The van der Waals surface area contributed by atoms with E-state index >= 15 is 0 Å². The van der Waals surface area contributed by atoms with Crippen molar-refractivity contribution in [1.29, 1.82) is 0 Å². The monoisotopic (exact) mass is 311 g/mol. The van der Waals surface area contributed by atoms with E-state index in [1.54, 1.807) is 26.1 Å². The Kier molecular flexibility index (Phi) is 4.80. The number of hydrogen-bond donors (Lipinski definition) is 1. The largest absolute Gasteiger partial charge is 0.508 e. The van der Waals surface area contributed by atoms with Crippen LogP contribution in [0.2, 0.25) is 5.02 Å². The van der Waals surface area contributed by atoms with E-state index in [-0.39, 0.29) is 17.4 Å². The summed E-state index contributed by atoms with van der Waals surface area (Å²) in [6, 6.07) is 7.75. The first-order valence-corrected chi connectivity index (χ1v) is 6.89. The molecule has 2 nitrogen and oxygen atoms in total. The molecular weight excluding hydrogens is 296 g/mol. The first-order valence-electron chi connectivity index (χ1n) is 6.51. The van der Waals surface area contributed by atoms with Crippen LogP contribution in [-0.2, 0) is 6.54 Å². The predicted molar refractivity (Wildman–Crippen MR) is 79.4 cm³/mol. The molecule has 2 aromatic rings. The molecule has 0 radical (unpaired) electrons. The summed E-state index contributed by atoms with van der Waals surface area (Å²) in [7, 11) is 1.79. The molecule has 21 heavy (non-hydrogen) atoms. The minimum Gasteiger partial charge on any atom is -0.508 e. The minimum atomic E-state index is -0.470. The molecule has 1 unspecified atom stereocenters. The van der Waals surface area contributed by atoms with Crippen molar-refractivity contribution < 1.29 is 13.9 Å². The molecule has 0 saturated heterocycles. The lowest BCUT2D eigenvalue weighted by Crippen LogP contribution is -2.23. The molecule has 1 atom stereocenters. The van der Waals surface area contributed by atoms with Crippen molar-refractivity contribution in [2.45, 2.75) is 19.5 Å². The van der Waals surface area contributed by atoms with Crippen LogP contribution in [0.15, 0.2) is 36.4 Å². The average molecular weight is 312 g/mol. The molecule has 0 aliphatic rings. The predicted octanol–water partition coefficient (Wildman–Crippen LogP) is 4.52. The van der Waals surface area contributed by atoms with Crippen LogP contribution < -0.4 is 0 Å². The van der Waals surface area contributed by atoms with E-state index in [9.17, 15) is 13.9 Å². The molecule has 0 fully saturated rings. The molecule has 0 aliphatic carbocycles. The van der Waals surface area contributed by atoms with Gasteiger partial charge in [-0.1, -0.05) is 11.6 Å². The lowest BCUT2D eigenvalue weighted by atomic mass is 10.1. The molecule has 0 heterocycles. The number of aromatic hydroxyl groups is 1. The van der Waals surface area contributed by atoms with E-state index in [2.05, 4.69) is 0 Å². The normalized spacial score (nSPS) is 12.7. The van der Waals surface area contributed by atoms with Gasteiger partial charge in [0.2, 0.25) is 0 Å². The molecule has 5 heteroatoms. The number of hydrogen-bond acceptors (Lipinski definition) is 2. The second kappa shape index (κ2) is 6.41. The Morgan fingerprint density at radius 1 is 1.19 bits per heavy atom. The van der Waals surface area contributed by atoms with Gasteiger partial charge in [-0.15, -0.1) is 0 Å². The maximum atomic E-state index is 13.8. The number of phenolic OH excluding ortho intramolecular Hbond substituents is 1. The van der Waals surface area contributed by atoms with Gasteiger partial charge < -0.3 is 5.11 Å². The summed E-state index contributed by atoms with van der Waals surface area (Å²) in [6.07, 6.45) is 0. The zero-order chi connectivity index (χ0) is 15.6. The van der Waals surface area contributed by atoms with Crippen LogP contribution in [-0.4, -0.2) is 17.1 Å². The van der Waals surface area contributed by atoms with Crippen molar-refractivity contribution in [1.82, 2.24) is 4.90 Å². The Bertz CT molecular complexity index is 648. The van der Waals surface area contributed by atoms with Crippen molar-refractivity contribution in [3.05, 3.63) is 64.2 Å². The topological polar surface area (TPSA) is 23.5 Å². The molecule has 112 valence electrons. The summed E-state index contributed by atoms with van der Waals surface area (Å²) < 4.78 is 27.1. The van der Waals surface area contributed by atoms with Crippen LogP contribution in [0.4, 0.5) is 8.78 Å². The molecular formula is C16H16ClF2NO. The van der Waals surface area contributed by atoms with Crippen LogP contribution >= 0.6 is 11.6 Å². The van der Waals surface area contributed by atoms with Gasteiger partial charge in [0.05, 0.1) is 0 Å². The van der Waals surface area contributed by atoms with Crippen molar-refractivity contribution in [2.75, 3.05) is 7.05 Å². The fraction of sp³-hybridized carbons (Fsp3) is 0.250. The van der Waals surface area contributed by atoms with E-state index in [1.807, 2.05) is 4.90 Å². The molecule has 2 rings (SSSR count). The average Bonchev–Trinajstić information content (AvgIpc) is 2.44. The molecule has 0 spiro atoms. The smallest absolute Gasteiger partial charge is 0.128 e. The second-order valence-corrected chi connectivity index (χ2v) is 5.44. The summed E-state index contributed by atoms with van der Waals surface area (Å²) in [5.41, 5.74) is 1.01. The third-order valence-electron chi connectivity index (χ3n) is 3.52. The highest BCUT2D eigenvalue weighted by atomic mass is 35.5. The third-order valence-corrected chi connectivity index (χ3v) is 3.89. The lowest BCUT2D eigenvalue weighted by Gasteiger charge is -2.26. The van der Waals surface area contributed by atoms with E-state index in [1.165, 1.54) is 12.1 Å². The van der Waals surface area contributed by atoms with E-state index in [4.69, 9.17) is 11.6 Å². The van der Waals surface area contributed by atoms with Crippen LogP contribution in [0.1, 0.15) is 24.1 Å². The molecule has 0 aromatic heterocycles. The summed E-state index contributed by atoms with van der Waals surface area (Å²) in [4.78, 5) is 1.83. The van der Waals surface area contributed by atoms with Crippen LogP contribution in [0.3, 0.4) is 0 Å². The number of nitrogens with zero attached hydrogens (tertiary/aromatic N) is 1. The molecule has 2 aromatic carbocycles. The maximum Gasteiger partial charge on any atom is 0.128 e. The highest BCUT2D eigenvalue weighted by Crippen LogP contribution is 2.27. The standard InChI is InChI=1S/C16H16ClF2NO/c1-10(14-8-12(18)3-6-16(14)19)20(2)9-11-7-13(21)4-5-15(11)17/h3-8,10,21H,9H2,1-2H3. The first kappa shape index (κ1) is 15.7.